The Bertz CT molecular complexity index is 316. The molecule has 1 aliphatic heterocycles. The van der Waals surface area contributed by atoms with Gasteiger partial charge in [-0.2, -0.15) is 0 Å². The molecule has 0 amide bonds. The van der Waals surface area contributed by atoms with Crippen LogP contribution in [0.3, 0.4) is 0 Å². The average Bonchev–Trinajstić information content (AvgIpc) is 2.65. The summed E-state index contributed by atoms with van der Waals surface area (Å²) >= 11 is 0. The number of hydrogen-bond donors (Lipinski definition) is 0. The maximum absolute atomic E-state index is 11.8. The minimum atomic E-state index is 0.0637. The number of allylic oxidation sites excluding steroid dienone is 1. The number of Topliss-reactive ketones (excluding diaryl/α,β-unsaturated/α-hetero) is 1. The van der Waals surface area contributed by atoms with Crippen molar-refractivity contribution in [2.24, 2.45) is 5.92 Å². The summed E-state index contributed by atoms with van der Waals surface area (Å²) < 4.78 is 5.99. The van der Waals surface area contributed by atoms with E-state index >= 15 is 0 Å². The zero-order valence-corrected chi connectivity index (χ0v) is 12.5. The summed E-state index contributed by atoms with van der Waals surface area (Å²) in [5.74, 6) is 1.23. The Morgan fingerprint density at radius 2 is 1.78 bits per heavy atom. The highest BCUT2D eigenvalue weighted by Crippen LogP contribution is 2.35. The molecule has 0 fully saturated rings. The molecule has 1 rings (SSSR count). The maximum atomic E-state index is 11.8. The molecule has 0 saturated carbocycles. The van der Waals surface area contributed by atoms with Crippen molar-refractivity contribution in [2.75, 3.05) is 13.1 Å². The summed E-state index contributed by atoms with van der Waals surface area (Å²) in [6.07, 6.45) is 3.25. The predicted molar refractivity (Wildman–Crippen MR) is 74.2 cm³/mol. The fraction of sp³-hybridized carbons (Fsp3) is 0.800. The molecule has 18 heavy (non-hydrogen) atoms. The Labute approximate surface area is 111 Å². The largest absolute Gasteiger partial charge is 0.479 e. The highest BCUT2D eigenvalue weighted by Gasteiger charge is 2.38. The van der Waals surface area contributed by atoms with E-state index in [1.54, 1.807) is 6.92 Å². The summed E-state index contributed by atoms with van der Waals surface area (Å²) in [5.41, 5.74) is 0.903. The number of carbonyl (C=O) groups is 1. The van der Waals surface area contributed by atoms with Crippen LogP contribution in [0.15, 0.2) is 11.3 Å². The van der Waals surface area contributed by atoms with Gasteiger partial charge in [-0.15, -0.1) is 0 Å². The van der Waals surface area contributed by atoms with Gasteiger partial charge in [-0.25, -0.2) is 0 Å². The van der Waals surface area contributed by atoms with Crippen molar-refractivity contribution >= 4 is 5.78 Å². The third-order valence-corrected chi connectivity index (χ3v) is 3.59. The number of rotatable bonds is 7. The number of ketones is 1. The van der Waals surface area contributed by atoms with Crippen LogP contribution in [-0.2, 0) is 9.53 Å². The molecule has 0 bridgehead atoms. The van der Waals surface area contributed by atoms with Gasteiger partial charge in [0.2, 0.25) is 0 Å². The molecule has 3 nitrogen and oxygen atoms in total. The van der Waals surface area contributed by atoms with Gasteiger partial charge in [0.1, 0.15) is 5.76 Å². The van der Waals surface area contributed by atoms with Crippen molar-refractivity contribution in [3.8, 4) is 0 Å². The summed E-state index contributed by atoms with van der Waals surface area (Å²) in [6, 6.07) is 0. The van der Waals surface area contributed by atoms with Gasteiger partial charge in [0.15, 0.2) is 12.0 Å². The lowest BCUT2D eigenvalue weighted by Crippen LogP contribution is -2.41. The van der Waals surface area contributed by atoms with Crippen molar-refractivity contribution in [1.29, 1.82) is 0 Å². The van der Waals surface area contributed by atoms with E-state index in [1.165, 1.54) is 0 Å². The van der Waals surface area contributed by atoms with E-state index in [2.05, 4.69) is 25.7 Å². The molecule has 0 N–H and O–H groups in total. The lowest BCUT2D eigenvalue weighted by molar-refractivity contribution is -0.114. The van der Waals surface area contributed by atoms with Gasteiger partial charge in [-0.3, -0.25) is 9.69 Å². The number of ether oxygens (including phenoxy) is 1. The second kappa shape index (κ2) is 6.93. The van der Waals surface area contributed by atoms with Crippen LogP contribution in [-0.4, -0.2) is 30.0 Å². The molecule has 3 heteroatoms. The van der Waals surface area contributed by atoms with Crippen molar-refractivity contribution in [3.63, 3.8) is 0 Å². The van der Waals surface area contributed by atoms with E-state index < -0.39 is 0 Å². The minimum Gasteiger partial charge on any atom is -0.479 e. The molecule has 0 aromatic rings. The number of carbonyl (C=O) groups excluding carboxylic acids is 1. The molecule has 1 aliphatic rings. The van der Waals surface area contributed by atoms with Crippen LogP contribution in [0.5, 0.6) is 0 Å². The molecular formula is C15H27NO2. The van der Waals surface area contributed by atoms with Crippen molar-refractivity contribution in [3.05, 3.63) is 11.3 Å². The average molecular weight is 253 g/mol. The normalized spacial score (nSPS) is 23.7. The topological polar surface area (TPSA) is 29.5 Å². The molecular weight excluding hydrogens is 226 g/mol. The molecule has 0 radical (unpaired) electrons. The number of hydrogen-bond acceptors (Lipinski definition) is 3. The first-order valence-corrected chi connectivity index (χ1v) is 7.19. The first kappa shape index (κ1) is 15.2. The Morgan fingerprint density at radius 3 is 2.17 bits per heavy atom. The van der Waals surface area contributed by atoms with Gasteiger partial charge < -0.3 is 4.74 Å². The summed E-state index contributed by atoms with van der Waals surface area (Å²) in [5, 5.41) is 0. The van der Waals surface area contributed by atoms with Crippen LogP contribution < -0.4 is 0 Å². The van der Waals surface area contributed by atoms with E-state index in [0.29, 0.717) is 0 Å². The second-order valence-corrected chi connectivity index (χ2v) is 5.09. The first-order chi connectivity index (χ1) is 8.56. The molecule has 1 heterocycles. The Morgan fingerprint density at radius 1 is 1.22 bits per heavy atom. The Balaban J connectivity index is 2.88. The highest BCUT2D eigenvalue weighted by atomic mass is 16.5. The van der Waals surface area contributed by atoms with Crippen LogP contribution >= 0.6 is 0 Å². The molecule has 2 atom stereocenters. The molecule has 0 saturated heterocycles. The van der Waals surface area contributed by atoms with Crippen LogP contribution in [0.1, 0.15) is 53.9 Å². The smallest absolute Gasteiger partial charge is 0.159 e. The lowest BCUT2D eigenvalue weighted by Gasteiger charge is -2.32. The van der Waals surface area contributed by atoms with Crippen molar-refractivity contribution < 1.29 is 9.53 Å². The highest BCUT2D eigenvalue weighted by molar-refractivity contribution is 5.94. The third-order valence-electron chi connectivity index (χ3n) is 3.59. The van der Waals surface area contributed by atoms with E-state index in [1.807, 2.05) is 6.92 Å². The fourth-order valence-corrected chi connectivity index (χ4v) is 2.91. The zero-order valence-electron chi connectivity index (χ0n) is 12.5. The summed E-state index contributed by atoms with van der Waals surface area (Å²) in [4.78, 5) is 14.1. The summed E-state index contributed by atoms with van der Waals surface area (Å²) in [7, 11) is 0. The van der Waals surface area contributed by atoms with Crippen LogP contribution in [0, 0.1) is 5.92 Å². The molecule has 0 aromatic carbocycles. The predicted octanol–water partition coefficient (Wildman–Crippen LogP) is 3.35. The SMILES string of the molecule is CCCN(CCC)C1OC(C)=C(C(C)=O)C1CC. The van der Waals surface area contributed by atoms with Gasteiger partial charge in [-0.1, -0.05) is 20.8 Å². The Hall–Kier alpha value is -0.830. The van der Waals surface area contributed by atoms with Gasteiger partial charge in [0.05, 0.1) is 0 Å². The van der Waals surface area contributed by atoms with Gasteiger partial charge in [0, 0.05) is 24.6 Å². The maximum Gasteiger partial charge on any atom is 0.159 e. The monoisotopic (exact) mass is 253 g/mol. The zero-order chi connectivity index (χ0) is 13.7. The van der Waals surface area contributed by atoms with Crippen LogP contribution in [0.25, 0.3) is 0 Å². The van der Waals surface area contributed by atoms with Crippen LogP contribution in [0.2, 0.25) is 0 Å². The number of nitrogens with zero attached hydrogens (tertiary/aromatic N) is 1. The Kier molecular flexibility index (Phi) is 5.86. The van der Waals surface area contributed by atoms with E-state index in [-0.39, 0.29) is 17.9 Å². The fourth-order valence-electron chi connectivity index (χ4n) is 2.91. The third kappa shape index (κ3) is 3.14. The van der Waals surface area contributed by atoms with Crippen LogP contribution in [0.4, 0.5) is 0 Å². The molecule has 2 unspecified atom stereocenters. The van der Waals surface area contributed by atoms with Gasteiger partial charge in [-0.05, 0) is 33.1 Å². The van der Waals surface area contributed by atoms with E-state index in [9.17, 15) is 4.79 Å². The summed E-state index contributed by atoms with van der Waals surface area (Å²) in [6.45, 7) is 12.2. The van der Waals surface area contributed by atoms with Crippen molar-refractivity contribution in [1.82, 2.24) is 4.90 Å². The second-order valence-electron chi connectivity index (χ2n) is 5.09. The minimum absolute atomic E-state index is 0.0637. The molecule has 0 aromatic heterocycles. The molecule has 0 aliphatic carbocycles. The van der Waals surface area contributed by atoms with E-state index in [4.69, 9.17) is 4.74 Å². The van der Waals surface area contributed by atoms with Gasteiger partial charge >= 0.3 is 0 Å². The quantitative estimate of drug-likeness (QED) is 0.697. The first-order valence-electron chi connectivity index (χ1n) is 7.19. The molecule has 104 valence electrons. The molecule has 0 spiro atoms. The standard InChI is InChI=1S/C15H27NO2/c1-6-9-16(10-7-2)15-13(8-3)14(11(4)17)12(5)18-15/h13,15H,6-10H2,1-5H3. The lowest BCUT2D eigenvalue weighted by atomic mass is 9.92. The van der Waals surface area contributed by atoms with E-state index in [0.717, 1.165) is 43.7 Å². The van der Waals surface area contributed by atoms with Crippen molar-refractivity contribution in [2.45, 2.75) is 60.1 Å². The van der Waals surface area contributed by atoms with Gasteiger partial charge in [0.25, 0.3) is 0 Å².